The van der Waals surface area contributed by atoms with Crippen LogP contribution in [0, 0.1) is 13.8 Å². The van der Waals surface area contributed by atoms with Crippen LogP contribution in [0.15, 0.2) is 12.1 Å². The van der Waals surface area contributed by atoms with Crippen molar-refractivity contribution in [3.63, 3.8) is 0 Å². The number of hydrogen-bond acceptors (Lipinski definition) is 5. The predicted molar refractivity (Wildman–Crippen MR) is 71.0 cm³/mol. The van der Waals surface area contributed by atoms with Gasteiger partial charge < -0.3 is 9.72 Å². The summed E-state index contributed by atoms with van der Waals surface area (Å²) in [6, 6.07) is 3.73. The maximum atomic E-state index is 5.09. The lowest BCUT2D eigenvalue weighted by Crippen LogP contribution is -1.86. The number of hydrogen-bond donors (Lipinski definition) is 1. The van der Waals surface area contributed by atoms with Crippen LogP contribution >= 0.6 is 11.3 Å². The van der Waals surface area contributed by atoms with Crippen LogP contribution < -0.4 is 4.74 Å². The van der Waals surface area contributed by atoms with Gasteiger partial charge in [-0.25, -0.2) is 9.97 Å². The van der Waals surface area contributed by atoms with Crippen LogP contribution in [-0.2, 0) is 0 Å². The number of aromatic nitrogens is 4. The normalized spacial score (nSPS) is 11.1. The first kappa shape index (κ1) is 11.2. The van der Waals surface area contributed by atoms with E-state index in [1.165, 1.54) is 0 Å². The topological polar surface area (TPSA) is 63.7 Å². The molecule has 0 atom stereocenters. The zero-order valence-corrected chi connectivity index (χ0v) is 11.1. The van der Waals surface area contributed by atoms with Crippen molar-refractivity contribution in [2.24, 2.45) is 0 Å². The molecule has 6 heteroatoms. The summed E-state index contributed by atoms with van der Waals surface area (Å²) < 4.78 is 5.09. The summed E-state index contributed by atoms with van der Waals surface area (Å²) >= 11 is 1.63. The van der Waals surface area contributed by atoms with E-state index in [4.69, 9.17) is 4.74 Å². The second-order valence-corrected chi connectivity index (χ2v) is 5.16. The Morgan fingerprint density at radius 2 is 2.00 bits per heavy atom. The monoisotopic (exact) mass is 260 g/mol. The van der Waals surface area contributed by atoms with Crippen LogP contribution in [0.3, 0.4) is 0 Å². The maximum Gasteiger partial charge on any atom is 0.215 e. The number of nitrogens with one attached hydrogen (secondary N) is 1. The Bertz CT molecular complexity index is 716. The minimum atomic E-state index is 0.567. The number of H-pyrrole nitrogens is 1. The fourth-order valence-electron chi connectivity index (χ4n) is 1.85. The van der Waals surface area contributed by atoms with E-state index in [2.05, 4.69) is 19.9 Å². The van der Waals surface area contributed by atoms with Crippen molar-refractivity contribution in [1.29, 1.82) is 0 Å². The van der Waals surface area contributed by atoms with E-state index in [1.807, 2.05) is 26.0 Å². The van der Waals surface area contributed by atoms with Crippen LogP contribution in [0.25, 0.3) is 21.9 Å². The van der Waals surface area contributed by atoms with Crippen LogP contribution in [0.2, 0.25) is 0 Å². The highest BCUT2D eigenvalue weighted by Crippen LogP contribution is 2.29. The van der Waals surface area contributed by atoms with Crippen molar-refractivity contribution in [3.05, 3.63) is 22.8 Å². The molecule has 0 bridgehead atoms. The molecule has 0 saturated heterocycles. The Morgan fingerprint density at radius 1 is 1.17 bits per heavy atom. The maximum absolute atomic E-state index is 5.09. The second-order valence-electron chi connectivity index (χ2n) is 3.96. The molecule has 3 aromatic rings. The smallest absolute Gasteiger partial charge is 0.215 e. The fourth-order valence-corrected chi connectivity index (χ4v) is 2.71. The number of imidazole rings is 1. The van der Waals surface area contributed by atoms with Gasteiger partial charge in [0.15, 0.2) is 11.5 Å². The summed E-state index contributed by atoms with van der Waals surface area (Å²) in [6.07, 6.45) is 0. The van der Waals surface area contributed by atoms with Gasteiger partial charge in [-0.1, -0.05) is 0 Å². The number of thiazole rings is 1. The quantitative estimate of drug-likeness (QED) is 0.769. The van der Waals surface area contributed by atoms with Gasteiger partial charge >= 0.3 is 0 Å². The fraction of sp³-hybridized carbons (Fsp3) is 0.250. The summed E-state index contributed by atoms with van der Waals surface area (Å²) in [4.78, 5) is 17.5. The van der Waals surface area contributed by atoms with E-state index in [0.717, 1.165) is 26.9 Å². The number of rotatable bonds is 2. The third kappa shape index (κ3) is 1.74. The summed E-state index contributed by atoms with van der Waals surface area (Å²) in [5.41, 5.74) is 2.55. The molecule has 3 rings (SSSR count). The van der Waals surface area contributed by atoms with Crippen molar-refractivity contribution in [2.75, 3.05) is 7.11 Å². The highest BCUT2D eigenvalue weighted by Gasteiger charge is 2.12. The van der Waals surface area contributed by atoms with Crippen molar-refractivity contribution in [2.45, 2.75) is 13.8 Å². The molecule has 92 valence electrons. The van der Waals surface area contributed by atoms with E-state index < -0.39 is 0 Å². The summed E-state index contributed by atoms with van der Waals surface area (Å²) in [5.74, 6) is 1.38. The van der Waals surface area contributed by atoms with Crippen molar-refractivity contribution < 1.29 is 4.74 Å². The van der Waals surface area contributed by atoms with Gasteiger partial charge in [0, 0.05) is 6.07 Å². The molecular weight excluding hydrogens is 248 g/mol. The molecule has 18 heavy (non-hydrogen) atoms. The summed E-state index contributed by atoms with van der Waals surface area (Å²) in [5, 5.41) is 1.04. The number of aryl methyl sites for hydroxylation is 2. The molecule has 0 saturated carbocycles. The number of nitrogens with zero attached hydrogens (tertiary/aromatic N) is 3. The molecule has 3 heterocycles. The minimum Gasteiger partial charge on any atom is -0.481 e. The molecule has 3 aromatic heterocycles. The Morgan fingerprint density at radius 3 is 2.67 bits per heavy atom. The zero-order chi connectivity index (χ0) is 12.7. The number of aromatic amines is 1. The molecule has 0 aliphatic carbocycles. The SMILES string of the molecule is COc1ccc2[nH]c(-c3sc(C)nc3C)nc2n1. The number of pyridine rings is 1. The third-order valence-corrected chi connectivity index (χ3v) is 3.73. The highest BCUT2D eigenvalue weighted by molar-refractivity contribution is 7.15. The molecule has 0 aromatic carbocycles. The number of fused-ring (bicyclic) bond motifs is 1. The Kier molecular flexibility index (Phi) is 2.52. The molecule has 0 aliphatic heterocycles. The highest BCUT2D eigenvalue weighted by atomic mass is 32.1. The molecule has 0 spiro atoms. The predicted octanol–water partition coefficient (Wildman–Crippen LogP) is 2.71. The van der Waals surface area contributed by atoms with Crippen LogP contribution in [0.1, 0.15) is 10.7 Å². The van der Waals surface area contributed by atoms with Gasteiger partial charge in [-0.05, 0) is 19.9 Å². The van der Waals surface area contributed by atoms with Crippen molar-refractivity contribution in [3.8, 4) is 16.6 Å². The average molecular weight is 260 g/mol. The molecule has 0 unspecified atom stereocenters. The molecule has 0 fully saturated rings. The first-order valence-electron chi connectivity index (χ1n) is 5.52. The van der Waals surface area contributed by atoms with E-state index in [0.29, 0.717) is 11.5 Å². The number of methoxy groups -OCH3 is 1. The Balaban J connectivity index is 2.16. The Hall–Kier alpha value is -1.95. The van der Waals surface area contributed by atoms with E-state index in [-0.39, 0.29) is 0 Å². The molecular formula is C12H12N4OS. The van der Waals surface area contributed by atoms with Crippen LogP contribution in [0.5, 0.6) is 5.88 Å². The largest absolute Gasteiger partial charge is 0.481 e. The number of ether oxygens (including phenoxy) is 1. The minimum absolute atomic E-state index is 0.567. The summed E-state index contributed by atoms with van der Waals surface area (Å²) in [6.45, 7) is 3.98. The first-order chi connectivity index (χ1) is 8.67. The molecule has 0 radical (unpaired) electrons. The lowest BCUT2D eigenvalue weighted by atomic mass is 10.4. The van der Waals surface area contributed by atoms with E-state index in [9.17, 15) is 0 Å². The standard InChI is InChI=1S/C12H12N4OS/c1-6-10(18-7(2)13-6)12-14-8-4-5-9(17-3)15-11(8)16-12/h4-5H,1-3H3,(H,14,15,16). The van der Waals surface area contributed by atoms with Gasteiger partial charge in [-0.2, -0.15) is 4.98 Å². The van der Waals surface area contributed by atoms with Gasteiger partial charge in [0.25, 0.3) is 0 Å². The zero-order valence-electron chi connectivity index (χ0n) is 10.3. The average Bonchev–Trinajstić information content (AvgIpc) is 2.90. The van der Waals surface area contributed by atoms with E-state index in [1.54, 1.807) is 18.4 Å². The summed E-state index contributed by atoms with van der Waals surface area (Å²) in [7, 11) is 1.60. The van der Waals surface area contributed by atoms with E-state index >= 15 is 0 Å². The van der Waals surface area contributed by atoms with Crippen LogP contribution in [-0.4, -0.2) is 27.0 Å². The lowest BCUT2D eigenvalue weighted by molar-refractivity contribution is 0.399. The Labute approximate surface area is 108 Å². The van der Waals surface area contributed by atoms with Gasteiger partial charge in [0.1, 0.15) is 0 Å². The van der Waals surface area contributed by atoms with Crippen molar-refractivity contribution >= 4 is 22.5 Å². The van der Waals surface area contributed by atoms with Gasteiger partial charge in [-0.3, -0.25) is 0 Å². The first-order valence-corrected chi connectivity index (χ1v) is 6.34. The van der Waals surface area contributed by atoms with Crippen LogP contribution in [0.4, 0.5) is 0 Å². The molecule has 1 N–H and O–H groups in total. The molecule has 0 aliphatic rings. The third-order valence-electron chi connectivity index (χ3n) is 2.65. The van der Waals surface area contributed by atoms with Gasteiger partial charge in [0.05, 0.1) is 28.2 Å². The lowest BCUT2D eigenvalue weighted by Gasteiger charge is -1.95. The molecule has 5 nitrogen and oxygen atoms in total. The molecule has 0 amide bonds. The second kappa shape index (κ2) is 4.06. The van der Waals surface area contributed by atoms with Gasteiger partial charge in [0.2, 0.25) is 5.88 Å². The van der Waals surface area contributed by atoms with Gasteiger partial charge in [-0.15, -0.1) is 11.3 Å². The van der Waals surface area contributed by atoms with Crippen molar-refractivity contribution in [1.82, 2.24) is 19.9 Å².